The summed E-state index contributed by atoms with van der Waals surface area (Å²) in [6, 6.07) is 12.6. The van der Waals surface area contributed by atoms with Gasteiger partial charge < -0.3 is 10.5 Å². The van der Waals surface area contributed by atoms with E-state index in [0.29, 0.717) is 16.9 Å². The fourth-order valence-electron chi connectivity index (χ4n) is 1.58. The Labute approximate surface area is 104 Å². The van der Waals surface area contributed by atoms with Gasteiger partial charge in [0.15, 0.2) is 0 Å². The number of carbonyl (C=O) groups excluding carboxylic acids is 1. The van der Waals surface area contributed by atoms with Crippen molar-refractivity contribution in [2.45, 2.75) is 6.61 Å². The van der Waals surface area contributed by atoms with E-state index in [-0.39, 0.29) is 12.4 Å². The van der Waals surface area contributed by atoms with Crippen LogP contribution >= 0.6 is 0 Å². The molecule has 2 rings (SSSR count). The molecule has 4 heteroatoms. The van der Waals surface area contributed by atoms with Gasteiger partial charge in [0.2, 0.25) is 5.91 Å². The Morgan fingerprint density at radius 3 is 2.44 bits per heavy atom. The number of amides is 1. The van der Waals surface area contributed by atoms with E-state index in [9.17, 15) is 9.18 Å². The molecule has 0 saturated heterocycles. The van der Waals surface area contributed by atoms with Gasteiger partial charge in [-0.2, -0.15) is 0 Å². The van der Waals surface area contributed by atoms with Crippen LogP contribution < -0.4 is 10.5 Å². The topological polar surface area (TPSA) is 52.3 Å². The number of benzene rings is 2. The average molecular weight is 245 g/mol. The Kier molecular flexibility index (Phi) is 3.57. The van der Waals surface area contributed by atoms with Gasteiger partial charge in [-0.05, 0) is 30.3 Å². The molecule has 0 atom stereocenters. The second-order valence-corrected chi connectivity index (χ2v) is 3.76. The van der Waals surface area contributed by atoms with E-state index >= 15 is 0 Å². The van der Waals surface area contributed by atoms with Crippen LogP contribution in [0.3, 0.4) is 0 Å². The summed E-state index contributed by atoms with van der Waals surface area (Å²) in [5.74, 6) is -0.274. The summed E-state index contributed by atoms with van der Waals surface area (Å²) in [6.45, 7) is 0.213. The molecule has 0 spiro atoms. The predicted molar refractivity (Wildman–Crippen MR) is 65.7 cm³/mol. The average Bonchev–Trinajstić information content (AvgIpc) is 2.38. The zero-order valence-electron chi connectivity index (χ0n) is 9.60. The van der Waals surface area contributed by atoms with Crippen molar-refractivity contribution in [3.05, 3.63) is 65.5 Å². The molecule has 18 heavy (non-hydrogen) atoms. The molecule has 0 saturated carbocycles. The van der Waals surface area contributed by atoms with Crippen molar-refractivity contribution in [1.82, 2.24) is 0 Å². The van der Waals surface area contributed by atoms with Crippen molar-refractivity contribution in [2.75, 3.05) is 0 Å². The summed E-state index contributed by atoms with van der Waals surface area (Å²) in [4.78, 5) is 11.2. The summed E-state index contributed by atoms with van der Waals surface area (Å²) in [7, 11) is 0. The zero-order valence-corrected chi connectivity index (χ0v) is 9.60. The lowest BCUT2D eigenvalue weighted by Crippen LogP contribution is -2.14. The molecule has 0 heterocycles. The first-order valence-corrected chi connectivity index (χ1v) is 5.43. The second kappa shape index (κ2) is 5.31. The minimum absolute atomic E-state index is 0.213. The number of hydrogen-bond acceptors (Lipinski definition) is 2. The van der Waals surface area contributed by atoms with Gasteiger partial charge in [-0.25, -0.2) is 4.39 Å². The lowest BCUT2D eigenvalue weighted by atomic mass is 10.1. The maximum Gasteiger partial charge on any atom is 0.249 e. The zero-order chi connectivity index (χ0) is 13.0. The number of primary amides is 1. The summed E-state index contributed by atoms with van der Waals surface area (Å²) in [6.07, 6.45) is 0. The van der Waals surface area contributed by atoms with Crippen LogP contribution in [0.1, 0.15) is 15.9 Å². The maximum atomic E-state index is 12.7. The number of carbonyl (C=O) groups is 1. The van der Waals surface area contributed by atoms with E-state index in [1.807, 2.05) is 0 Å². The molecule has 3 nitrogen and oxygen atoms in total. The highest BCUT2D eigenvalue weighted by Gasteiger charge is 2.07. The lowest BCUT2D eigenvalue weighted by Gasteiger charge is -2.08. The molecule has 2 N–H and O–H groups in total. The molecule has 0 aliphatic rings. The minimum atomic E-state index is -0.492. The fraction of sp³-hybridized carbons (Fsp3) is 0.0714. The van der Waals surface area contributed by atoms with E-state index in [1.54, 1.807) is 24.3 Å². The maximum absolute atomic E-state index is 12.7. The Morgan fingerprint density at radius 2 is 1.78 bits per heavy atom. The van der Waals surface area contributed by atoms with Crippen LogP contribution in [0.5, 0.6) is 5.75 Å². The van der Waals surface area contributed by atoms with Gasteiger partial charge in [0.1, 0.15) is 18.2 Å². The van der Waals surface area contributed by atoms with Crippen LogP contribution in [-0.4, -0.2) is 5.91 Å². The third kappa shape index (κ3) is 2.85. The highest BCUT2D eigenvalue weighted by atomic mass is 19.1. The van der Waals surface area contributed by atoms with Gasteiger partial charge in [0.05, 0.1) is 0 Å². The van der Waals surface area contributed by atoms with Crippen LogP contribution in [0.2, 0.25) is 0 Å². The van der Waals surface area contributed by atoms with Crippen molar-refractivity contribution in [2.24, 2.45) is 5.73 Å². The predicted octanol–water partition coefficient (Wildman–Crippen LogP) is 2.50. The highest BCUT2D eigenvalue weighted by Crippen LogP contribution is 2.15. The van der Waals surface area contributed by atoms with E-state index < -0.39 is 5.91 Å². The van der Waals surface area contributed by atoms with Crippen molar-refractivity contribution in [3.8, 4) is 5.75 Å². The van der Waals surface area contributed by atoms with Gasteiger partial charge in [-0.1, -0.05) is 18.2 Å². The van der Waals surface area contributed by atoms with Crippen molar-refractivity contribution < 1.29 is 13.9 Å². The first-order chi connectivity index (χ1) is 8.66. The summed E-state index contributed by atoms with van der Waals surface area (Å²) >= 11 is 0. The fourth-order valence-corrected chi connectivity index (χ4v) is 1.58. The summed E-state index contributed by atoms with van der Waals surface area (Å²) in [5.41, 5.74) is 6.39. The van der Waals surface area contributed by atoms with Gasteiger partial charge in [-0.15, -0.1) is 0 Å². The molecule has 0 unspecified atom stereocenters. The Morgan fingerprint density at radius 1 is 1.11 bits per heavy atom. The molecule has 0 aliphatic heterocycles. The Hall–Kier alpha value is -2.36. The van der Waals surface area contributed by atoms with Gasteiger partial charge >= 0.3 is 0 Å². The van der Waals surface area contributed by atoms with Gasteiger partial charge in [0.25, 0.3) is 0 Å². The number of halogens is 1. The van der Waals surface area contributed by atoms with Crippen LogP contribution in [0.25, 0.3) is 0 Å². The molecule has 92 valence electrons. The van der Waals surface area contributed by atoms with E-state index in [1.165, 1.54) is 24.3 Å². The molecule has 1 amide bonds. The molecule has 2 aromatic rings. The second-order valence-electron chi connectivity index (χ2n) is 3.76. The van der Waals surface area contributed by atoms with Crippen LogP contribution in [-0.2, 0) is 6.61 Å². The van der Waals surface area contributed by atoms with Crippen molar-refractivity contribution in [1.29, 1.82) is 0 Å². The number of nitrogens with two attached hydrogens (primary N) is 1. The SMILES string of the molecule is NC(=O)c1ccccc1COc1ccc(F)cc1. The monoisotopic (exact) mass is 245 g/mol. The first-order valence-electron chi connectivity index (χ1n) is 5.43. The Balaban J connectivity index is 2.10. The Bertz CT molecular complexity index is 552. The molecule has 0 fully saturated rings. The van der Waals surface area contributed by atoms with Gasteiger partial charge in [0, 0.05) is 11.1 Å². The lowest BCUT2D eigenvalue weighted by molar-refractivity contribution is 0.0998. The third-order valence-corrected chi connectivity index (χ3v) is 2.49. The van der Waals surface area contributed by atoms with E-state index in [0.717, 1.165) is 0 Å². The molecular formula is C14H12FNO2. The molecule has 0 radical (unpaired) electrons. The summed E-state index contributed by atoms with van der Waals surface area (Å²) in [5, 5.41) is 0. The number of ether oxygens (including phenoxy) is 1. The molecule has 0 bridgehead atoms. The largest absolute Gasteiger partial charge is 0.489 e. The molecule has 0 aliphatic carbocycles. The standard InChI is InChI=1S/C14H12FNO2/c15-11-5-7-12(8-6-11)18-9-10-3-1-2-4-13(10)14(16)17/h1-8H,9H2,(H2,16,17). The number of hydrogen-bond donors (Lipinski definition) is 1. The quantitative estimate of drug-likeness (QED) is 0.899. The van der Waals surface area contributed by atoms with E-state index in [2.05, 4.69) is 0 Å². The molecular weight excluding hydrogens is 233 g/mol. The third-order valence-electron chi connectivity index (χ3n) is 2.49. The van der Waals surface area contributed by atoms with Crippen molar-refractivity contribution >= 4 is 5.91 Å². The summed E-state index contributed by atoms with van der Waals surface area (Å²) < 4.78 is 18.2. The molecule has 2 aromatic carbocycles. The van der Waals surface area contributed by atoms with Crippen LogP contribution in [0, 0.1) is 5.82 Å². The van der Waals surface area contributed by atoms with Crippen LogP contribution in [0.15, 0.2) is 48.5 Å². The minimum Gasteiger partial charge on any atom is -0.489 e. The van der Waals surface area contributed by atoms with Crippen molar-refractivity contribution in [3.63, 3.8) is 0 Å². The highest BCUT2D eigenvalue weighted by molar-refractivity contribution is 5.94. The molecule has 0 aromatic heterocycles. The smallest absolute Gasteiger partial charge is 0.249 e. The normalized spacial score (nSPS) is 10.1. The van der Waals surface area contributed by atoms with E-state index in [4.69, 9.17) is 10.5 Å². The van der Waals surface area contributed by atoms with Gasteiger partial charge in [-0.3, -0.25) is 4.79 Å². The van der Waals surface area contributed by atoms with Crippen LogP contribution in [0.4, 0.5) is 4.39 Å². The number of rotatable bonds is 4. The first kappa shape index (κ1) is 12.1.